The lowest BCUT2D eigenvalue weighted by Gasteiger charge is -2.14. The van der Waals surface area contributed by atoms with Crippen LogP contribution in [0.3, 0.4) is 0 Å². The number of carboxylic acids is 1. The average molecular weight is 258 g/mol. The molecule has 4 nitrogen and oxygen atoms in total. The molecule has 17 heavy (non-hydrogen) atoms. The number of aromatic carboxylic acids is 1. The highest BCUT2D eigenvalue weighted by Gasteiger charge is 2.15. The molecule has 1 aromatic rings. The lowest BCUT2D eigenvalue weighted by Crippen LogP contribution is -2.11. The smallest absolute Gasteiger partial charge is 0.335 e. The quantitative estimate of drug-likeness (QED) is 0.723. The lowest BCUT2D eigenvalue weighted by molar-refractivity contribution is 0.0696. The first-order valence-corrected chi connectivity index (χ1v) is 4.90. The SMILES string of the molecule is C=CC[C@@H](N)c1cc(C(=O)O)cc(C)c1O.Cl. The Hall–Kier alpha value is -1.52. The predicted molar refractivity (Wildman–Crippen MR) is 68.8 cm³/mol. The highest BCUT2D eigenvalue weighted by Crippen LogP contribution is 2.29. The van der Waals surface area contributed by atoms with Crippen molar-refractivity contribution in [3.63, 3.8) is 0 Å². The maximum absolute atomic E-state index is 10.9. The van der Waals surface area contributed by atoms with Crippen LogP contribution in [0.15, 0.2) is 24.8 Å². The first-order chi connectivity index (χ1) is 7.47. The fraction of sp³-hybridized carbons (Fsp3) is 0.250. The summed E-state index contributed by atoms with van der Waals surface area (Å²) in [7, 11) is 0. The second kappa shape index (κ2) is 6.27. The van der Waals surface area contributed by atoms with Gasteiger partial charge in [0, 0.05) is 11.6 Å². The first kappa shape index (κ1) is 15.5. The van der Waals surface area contributed by atoms with Crippen molar-refractivity contribution < 1.29 is 15.0 Å². The molecule has 0 saturated carbocycles. The number of hydrogen-bond acceptors (Lipinski definition) is 3. The van der Waals surface area contributed by atoms with Crippen LogP contribution in [0.5, 0.6) is 5.75 Å². The fourth-order valence-corrected chi connectivity index (χ4v) is 1.52. The summed E-state index contributed by atoms with van der Waals surface area (Å²) in [4.78, 5) is 10.9. The molecule has 0 amide bonds. The number of phenolic OH excluding ortho intramolecular Hbond substituents is 1. The van der Waals surface area contributed by atoms with Gasteiger partial charge >= 0.3 is 5.97 Å². The van der Waals surface area contributed by atoms with Gasteiger partial charge in [-0.2, -0.15) is 0 Å². The van der Waals surface area contributed by atoms with E-state index in [4.69, 9.17) is 10.8 Å². The van der Waals surface area contributed by atoms with Crippen LogP contribution < -0.4 is 5.73 Å². The van der Waals surface area contributed by atoms with Gasteiger partial charge in [0.25, 0.3) is 0 Å². The molecule has 0 spiro atoms. The second-order valence-corrected chi connectivity index (χ2v) is 3.67. The predicted octanol–water partition coefficient (Wildman–Crippen LogP) is 2.40. The van der Waals surface area contributed by atoms with E-state index >= 15 is 0 Å². The molecule has 1 aromatic carbocycles. The van der Waals surface area contributed by atoms with Crippen LogP contribution in [0.2, 0.25) is 0 Å². The van der Waals surface area contributed by atoms with E-state index in [2.05, 4.69) is 6.58 Å². The first-order valence-electron chi connectivity index (χ1n) is 4.90. The van der Waals surface area contributed by atoms with Gasteiger partial charge in [-0.15, -0.1) is 19.0 Å². The number of aromatic hydroxyl groups is 1. The molecule has 0 aliphatic carbocycles. The normalized spacial score (nSPS) is 11.4. The molecule has 94 valence electrons. The Kier molecular flexibility index (Phi) is 5.71. The van der Waals surface area contributed by atoms with Crippen LogP contribution in [0.1, 0.15) is 33.9 Å². The van der Waals surface area contributed by atoms with Crippen LogP contribution >= 0.6 is 12.4 Å². The van der Waals surface area contributed by atoms with Crippen molar-refractivity contribution in [1.82, 2.24) is 0 Å². The van der Waals surface area contributed by atoms with Crippen LogP contribution in [-0.4, -0.2) is 16.2 Å². The van der Waals surface area contributed by atoms with E-state index in [0.29, 0.717) is 17.5 Å². The number of phenols is 1. The van der Waals surface area contributed by atoms with Gasteiger partial charge in [0.2, 0.25) is 0 Å². The van der Waals surface area contributed by atoms with E-state index < -0.39 is 12.0 Å². The van der Waals surface area contributed by atoms with Crippen molar-refractivity contribution in [2.75, 3.05) is 0 Å². The molecule has 0 aliphatic heterocycles. The zero-order valence-electron chi connectivity index (χ0n) is 9.51. The number of hydrogen-bond donors (Lipinski definition) is 3. The Balaban J connectivity index is 0.00000256. The maximum atomic E-state index is 10.9. The number of rotatable bonds is 4. The molecule has 0 saturated heterocycles. The Morgan fingerprint density at radius 2 is 2.18 bits per heavy atom. The summed E-state index contributed by atoms with van der Waals surface area (Å²) in [5.41, 5.74) is 6.90. The molecule has 0 radical (unpaired) electrons. The number of carbonyl (C=O) groups is 1. The summed E-state index contributed by atoms with van der Waals surface area (Å²) in [5, 5.41) is 18.7. The largest absolute Gasteiger partial charge is 0.507 e. The Morgan fingerprint density at radius 1 is 1.59 bits per heavy atom. The molecule has 4 N–H and O–H groups in total. The molecular weight excluding hydrogens is 242 g/mol. The van der Waals surface area contributed by atoms with Crippen molar-refractivity contribution in [2.24, 2.45) is 5.73 Å². The highest BCUT2D eigenvalue weighted by molar-refractivity contribution is 5.88. The standard InChI is InChI=1S/C12H15NO3.ClH/c1-3-4-10(13)9-6-8(12(15)16)5-7(2)11(9)14;/h3,5-6,10,14H,1,4,13H2,2H3,(H,15,16);1H/t10-;/m1./s1. The van der Waals surface area contributed by atoms with Crippen LogP contribution in [-0.2, 0) is 0 Å². The molecule has 0 heterocycles. The van der Waals surface area contributed by atoms with Crippen molar-refractivity contribution in [3.05, 3.63) is 41.5 Å². The van der Waals surface area contributed by atoms with Crippen molar-refractivity contribution in [1.29, 1.82) is 0 Å². The van der Waals surface area contributed by atoms with E-state index in [1.54, 1.807) is 13.0 Å². The van der Waals surface area contributed by atoms with E-state index in [1.807, 2.05) is 0 Å². The van der Waals surface area contributed by atoms with Gasteiger partial charge in [-0.25, -0.2) is 4.79 Å². The van der Waals surface area contributed by atoms with E-state index in [0.717, 1.165) is 0 Å². The number of aryl methyl sites for hydroxylation is 1. The van der Waals surface area contributed by atoms with Crippen LogP contribution in [0, 0.1) is 6.92 Å². The molecule has 0 bridgehead atoms. The molecule has 0 aromatic heterocycles. The van der Waals surface area contributed by atoms with Gasteiger partial charge in [-0.1, -0.05) is 6.08 Å². The van der Waals surface area contributed by atoms with E-state index in [-0.39, 0.29) is 23.7 Å². The molecule has 5 heteroatoms. The summed E-state index contributed by atoms with van der Waals surface area (Å²) in [6.45, 7) is 5.20. The van der Waals surface area contributed by atoms with Gasteiger partial charge in [-0.05, 0) is 31.0 Å². The number of halogens is 1. The molecule has 1 rings (SSSR count). The maximum Gasteiger partial charge on any atom is 0.335 e. The van der Waals surface area contributed by atoms with Gasteiger partial charge < -0.3 is 15.9 Å². The summed E-state index contributed by atoms with van der Waals surface area (Å²) in [6.07, 6.45) is 2.11. The van der Waals surface area contributed by atoms with Gasteiger partial charge in [0.05, 0.1) is 5.56 Å². The summed E-state index contributed by atoms with van der Waals surface area (Å²) < 4.78 is 0. The van der Waals surface area contributed by atoms with Crippen LogP contribution in [0.25, 0.3) is 0 Å². The molecule has 0 fully saturated rings. The third-order valence-corrected chi connectivity index (χ3v) is 2.40. The molecule has 0 unspecified atom stereocenters. The van der Waals surface area contributed by atoms with Crippen molar-refractivity contribution in [3.8, 4) is 5.75 Å². The van der Waals surface area contributed by atoms with Crippen LogP contribution in [0.4, 0.5) is 0 Å². The summed E-state index contributed by atoms with van der Waals surface area (Å²) >= 11 is 0. The molecule has 1 atom stereocenters. The zero-order chi connectivity index (χ0) is 12.3. The van der Waals surface area contributed by atoms with Gasteiger partial charge in [-0.3, -0.25) is 0 Å². The Labute approximate surface area is 106 Å². The minimum atomic E-state index is -1.03. The number of carboxylic acid groups (broad SMARTS) is 1. The Morgan fingerprint density at radius 3 is 2.65 bits per heavy atom. The van der Waals surface area contributed by atoms with Gasteiger partial charge in [0.15, 0.2) is 0 Å². The number of benzene rings is 1. The second-order valence-electron chi connectivity index (χ2n) is 3.67. The minimum Gasteiger partial charge on any atom is -0.507 e. The zero-order valence-corrected chi connectivity index (χ0v) is 10.3. The third kappa shape index (κ3) is 3.47. The fourth-order valence-electron chi connectivity index (χ4n) is 1.52. The topological polar surface area (TPSA) is 83.6 Å². The van der Waals surface area contributed by atoms with E-state index in [1.165, 1.54) is 12.1 Å². The van der Waals surface area contributed by atoms with Gasteiger partial charge in [0.1, 0.15) is 5.75 Å². The van der Waals surface area contributed by atoms with Crippen molar-refractivity contribution in [2.45, 2.75) is 19.4 Å². The third-order valence-electron chi connectivity index (χ3n) is 2.40. The lowest BCUT2D eigenvalue weighted by atomic mass is 9.98. The number of nitrogens with two attached hydrogens (primary N) is 1. The highest BCUT2D eigenvalue weighted by atomic mass is 35.5. The molecule has 0 aliphatic rings. The molecular formula is C12H16ClNO3. The van der Waals surface area contributed by atoms with Crippen molar-refractivity contribution >= 4 is 18.4 Å². The monoisotopic (exact) mass is 257 g/mol. The Bertz CT molecular complexity index is 432. The van der Waals surface area contributed by atoms with E-state index in [9.17, 15) is 9.90 Å². The summed E-state index contributed by atoms with van der Waals surface area (Å²) in [5.74, 6) is -0.977. The minimum absolute atomic E-state index is 0. The summed E-state index contributed by atoms with van der Waals surface area (Å²) in [6, 6.07) is 2.39. The average Bonchev–Trinajstić information content (AvgIpc) is 2.21.